The van der Waals surface area contributed by atoms with E-state index in [1.165, 1.54) is 11.1 Å². The van der Waals surface area contributed by atoms with Crippen LogP contribution in [0.2, 0.25) is 0 Å². The zero-order chi connectivity index (χ0) is 16.8. The number of aromatic nitrogens is 3. The average Bonchev–Trinajstić information content (AvgIpc) is 3.02. The van der Waals surface area contributed by atoms with Crippen LogP contribution in [0.15, 0.2) is 59.8 Å². The molecule has 0 radical (unpaired) electrons. The third-order valence-corrected chi connectivity index (χ3v) is 4.85. The highest BCUT2D eigenvalue weighted by molar-refractivity contribution is 7.98. The van der Waals surface area contributed by atoms with Gasteiger partial charge in [0.25, 0.3) is 0 Å². The van der Waals surface area contributed by atoms with E-state index in [4.69, 9.17) is 4.74 Å². The third kappa shape index (κ3) is 3.97. The fraction of sp³-hybridized carbons (Fsp3) is 0.263. The highest BCUT2D eigenvalue weighted by atomic mass is 32.2. The Morgan fingerprint density at radius 2 is 1.75 bits per heavy atom. The maximum atomic E-state index is 5.80. The van der Waals surface area contributed by atoms with Crippen LogP contribution in [0.4, 0.5) is 0 Å². The molecule has 5 heteroatoms. The fourth-order valence-electron chi connectivity index (χ4n) is 2.43. The molecule has 0 saturated heterocycles. The lowest BCUT2D eigenvalue weighted by molar-refractivity contribution is 0.288. The molecule has 0 aliphatic carbocycles. The topological polar surface area (TPSA) is 39.9 Å². The number of nitrogens with zero attached hydrogens (tertiary/aromatic N) is 3. The van der Waals surface area contributed by atoms with Crippen LogP contribution in [-0.4, -0.2) is 14.8 Å². The zero-order valence-corrected chi connectivity index (χ0v) is 14.8. The SMILES string of the molecule is CCn1c(COc2ccccc2)nnc1SCc1ccccc1C. The summed E-state index contributed by atoms with van der Waals surface area (Å²) in [6.45, 7) is 5.50. The summed E-state index contributed by atoms with van der Waals surface area (Å²) >= 11 is 1.72. The van der Waals surface area contributed by atoms with Crippen LogP contribution in [0.1, 0.15) is 23.9 Å². The Balaban J connectivity index is 1.67. The Kier molecular flexibility index (Phi) is 5.54. The minimum Gasteiger partial charge on any atom is -0.486 e. The van der Waals surface area contributed by atoms with Crippen molar-refractivity contribution in [3.63, 3.8) is 0 Å². The smallest absolute Gasteiger partial charge is 0.191 e. The second-order valence-electron chi connectivity index (χ2n) is 5.46. The molecule has 0 spiro atoms. The van der Waals surface area contributed by atoms with Crippen LogP contribution in [0.25, 0.3) is 0 Å². The second kappa shape index (κ2) is 8.02. The van der Waals surface area contributed by atoms with Gasteiger partial charge in [0.15, 0.2) is 11.0 Å². The molecule has 0 saturated carbocycles. The van der Waals surface area contributed by atoms with Crippen LogP contribution in [0.5, 0.6) is 5.75 Å². The predicted molar refractivity (Wildman–Crippen MR) is 97.2 cm³/mol. The summed E-state index contributed by atoms with van der Waals surface area (Å²) < 4.78 is 7.91. The number of rotatable bonds is 7. The van der Waals surface area contributed by atoms with Crippen LogP contribution in [0, 0.1) is 6.92 Å². The van der Waals surface area contributed by atoms with E-state index in [9.17, 15) is 0 Å². The van der Waals surface area contributed by atoms with Crippen molar-refractivity contribution in [3.05, 3.63) is 71.5 Å². The molecule has 24 heavy (non-hydrogen) atoms. The van der Waals surface area contributed by atoms with Gasteiger partial charge in [0, 0.05) is 12.3 Å². The minimum absolute atomic E-state index is 0.426. The van der Waals surface area contributed by atoms with Gasteiger partial charge in [0.05, 0.1) is 0 Å². The Morgan fingerprint density at radius 1 is 1.00 bits per heavy atom. The van der Waals surface area contributed by atoms with Crippen molar-refractivity contribution >= 4 is 11.8 Å². The normalized spacial score (nSPS) is 10.8. The number of hydrogen-bond donors (Lipinski definition) is 0. The van der Waals surface area contributed by atoms with E-state index in [0.29, 0.717) is 6.61 Å². The standard InChI is InChI=1S/C19H21N3OS/c1-3-22-18(13-23-17-11-5-4-6-12-17)20-21-19(22)24-14-16-10-8-7-9-15(16)2/h4-12H,3,13-14H2,1-2H3. The van der Waals surface area contributed by atoms with Gasteiger partial charge in [-0.2, -0.15) is 0 Å². The fourth-order valence-corrected chi connectivity index (χ4v) is 3.53. The zero-order valence-electron chi connectivity index (χ0n) is 14.0. The van der Waals surface area contributed by atoms with Gasteiger partial charge in [-0.3, -0.25) is 0 Å². The lowest BCUT2D eigenvalue weighted by Gasteiger charge is -2.09. The molecule has 124 valence electrons. The Labute approximate surface area is 146 Å². The van der Waals surface area contributed by atoms with Crippen LogP contribution >= 0.6 is 11.8 Å². The van der Waals surface area contributed by atoms with Crippen molar-refractivity contribution in [3.8, 4) is 5.75 Å². The van der Waals surface area contributed by atoms with Crippen molar-refractivity contribution in [2.75, 3.05) is 0 Å². The van der Waals surface area contributed by atoms with Crippen molar-refractivity contribution in [1.82, 2.24) is 14.8 Å². The largest absolute Gasteiger partial charge is 0.486 e. The molecule has 0 amide bonds. The van der Waals surface area contributed by atoms with Crippen molar-refractivity contribution < 1.29 is 4.74 Å². The van der Waals surface area contributed by atoms with E-state index in [-0.39, 0.29) is 0 Å². The van der Waals surface area contributed by atoms with Crippen LogP contribution < -0.4 is 4.74 Å². The molecule has 1 aromatic heterocycles. The van der Waals surface area contributed by atoms with Gasteiger partial charge in [-0.1, -0.05) is 54.2 Å². The summed E-state index contributed by atoms with van der Waals surface area (Å²) in [5, 5.41) is 9.58. The quantitative estimate of drug-likeness (QED) is 0.595. The van der Waals surface area contributed by atoms with Gasteiger partial charge < -0.3 is 9.30 Å². The summed E-state index contributed by atoms with van der Waals surface area (Å²) in [6, 6.07) is 18.2. The summed E-state index contributed by atoms with van der Waals surface area (Å²) in [5.74, 6) is 2.59. The van der Waals surface area contributed by atoms with E-state index in [1.807, 2.05) is 30.3 Å². The van der Waals surface area contributed by atoms with Gasteiger partial charge in [0.1, 0.15) is 12.4 Å². The first-order chi connectivity index (χ1) is 11.8. The summed E-state index contributed by atoms with van der Waals surface area (Å²) in [7, 11) is 0. The summed E-state index contributed by atoms with van der Waals surface area (Å²) in [5.41, 5.74) is 2.63. The molecule has 0 atom stereocenters. The minimum atomic E-state index is 0.426. The van der Waals surface area contributed by atoms with E-state index in [1.54, 1.807) is 11.8 Å². The monoisotopic (exact) mass is 339 g/mol. The molecule has 3 aromatic rings. The van der Waals surface area contributed by atoms with E-state index < -0.39 is 0 Å². The Bertz CT molecular complexity index is 786. The molecule has 4 nitrogen and oxygen atoms in total. The molecule has 3 rings (SSSR count). The number of aryl methyl sites for hydroxylation is 1. The maximum absolute atomic E-state index is 5.80. The van der Waals surface area contributed by atoms with E-state index in [0.717, 1.165) is 29.0 Å². The molecule has 2 aromatic carbocycles. The Morgan fingerprint density at radius 3 is 2.50 bits per heavy atom. The predicted octanol–water partition coefficient (Wildman–Crippen LogP) is 4.48. The lowest BCUT2D eigenvalue weighted by atomic mass is 10.1. The Hall–Kier alpha value is -2.27. The molecule has 0 N–H and O–H groups in total. The van der Waals surface area contributed by atoms with E-state index >= 15 is 0 Å². The summed E-state index contributed by atoms with van der Waals surface area (Å²) in [6.07, 6.45) is 0. The first-order valence-corrected chi connectivity index (χ1v) is 9.03. The highest BCUT2D eigenvalue weighted by Gasteiger charge is 2.12. The van der Waals surface area contributed by atoms with E-state index in [2.05, 4.69) is 52.9 Å². The van der Waals surface area contributed by atoms with Gasteiger partial charge in [-0.15, -0.1) is 10.2 Å². The van der Waals surface area contributed by atoms with Crippen LogP contribution in [-0.2, 0) is 18.9 Å². The molecule has 0 unspecified atom stereocenters. The van der Waals surface area contributed by atoms with Crippen molar-refractivity contribution in [2.45, 2.75) is 37.9 Å². The average molecular weight is 339 g/mol. The summed E-state index contributed by atoms with van der Waals surface area (Å²) in [4.78, 5) is 0. The lowest BCUT2D eigenvalue weighted by Crippen LogP contribution is -2.07. The molecule has 1 heterocycles. The number of benzene rings is 2. The molecular formula is C19H21N3OS. The third-order valence-electron chi connectivity index (χ3n) is 3.84. The van der Waals surface area contributed by atoms with Gasteiger partial charge in [-0.05, 0) is 37.1 Å². The molecule has 0 aliphatic heterocycles. The molecular weight excluding hydrogens is 318 g/mol. The van der Waals surface area contributed by atoms with Gasteiger partial charge in [-0.25, -0.2) is 0 Å². The highest BCUT2D eigenvalue weighted by Crippen LogP contribution is 2.24. The number of ether oxygens (including phenoxy) is 1. The number of hydrogen-bond acceptors (Lipinski definition) is 4. The molecule has 0 aliphatic rings. The molecule has 0 bridgehead atoms. The molecule has 0 fully saturated rings. The van der Waals surface area contributed by atoms with Crippen LogP contribution in [0.3, 0.4) is 0 Å². The van der Waals surface area contributed by atoms with Crippen molar-refractivity contribution in [1.29, 1.82) is 0 Å². The first kappa shape index (κ1) is 16.6. The number of para-hydroxylation sites is 1. The number of thioether (sulfide) groups is 1. The second-order valence-corrected chi connectivity index (χ2v) is 6.40. The van der Waals surface area contributed by atoms with Crippen molar-refractivity contribution in [2.24, 2.45) is 0 Å². The van der Waals surface area contributed by atoms with Gasteiger partial charge >= 0.3 is 0 Å². The maximum Gasteiger partial charge on any atom is 0.191 e. The van der Waals surface area contributed by atoms with Gasteiger partial charge in [0.2, 0.25) is 0 Å². The first-order valence-electron chi connectivity index (χ1n) is 8.05.